The van der Waals surface area contributed by atoms with Crippen LogP contribution in [0.2, 0.25) is 0 Å². The summed E-state index contributed by atoms with van der Waals surface area (Å²) >= 11 is 0. The normalized spacial score (nSPS) is 27.3. The molecule has 138 valence electrons. The van der Waals surface area contributed by atoms with Gasteiger partial charge in [-0.3, -0.25) is 0 Å². The molecule has 0 aromatic heterocycles. The molecular formula is C20H22O6. The van der Waals surface area contributed by atoms with E-state index in [4.69, 9.17) is 18.9 Å². The third-order valence-corrected chi connectivity index (χ3v) is 5.33. The average molecular weight is 358 g/mol. The van der Waals surface area contributed by atoms with Gasteiger partial charge >= 0.3 is 0 Å². The molecule has 6 nitrogen and oxygen atoms in total. The van der Waals surface area contributed by atoms with Crippen molar-refractivity contribution in [2.24, 2.45) is 11.8 Å². The van der Waals surface area contributed by atoms with Crippen LogP contribution >= 0.6 is 0 Å². The first kappa shape index (κ1) is 17.0. The second kappa shape index (κ2) is 6.70. The van der Waals surface area contributed by atoms with E-state index < -0.39 is 0 Å². The highest BCUT2D eigenvalue weighted by molar-refractivity contribution is 5.44. The molecule has 26 heavy (non-hydrogen) atoms. The molecule has 2 aromatic carbocycles. The van der Waals surface area contributed by atoms with Gasteiger partial charge in [-0.15, -0.1) is 0 Å². The van der Waals surface area contributed by atoms with E-state index in [0.29, 0.717) is 24.7 Å². The van der Waals surface area contributed by atoms with Crippen LogP contribution in [-0.4, -0.2) is 37.6 Å². The number of ether oxygens (including phenoxy) is 4. The summed E-state index contributed by atoms with van der Waals surface area (Å²) in [5.74, 6) is 1.51. The lowest BCUT2D eigenvalue weighted by Gasteiger charge is -2.18. The topological polar surface area (TPSA) is 77.4 Å². The smallest absolute Gasteiger partial charge is 0.161 e. The van der Waals surface area contributed by atoms with Crippen LogP contribution in [0.1, 0.15) is 23.3 Å². The minimum Gasteiger partial charge on any atom is -0.504 e. The Hall–Kier alpha value is -2.44. The van der Waals surface area contributed by atoms with E-state index in [-0.39, 0.29) is 35.5 Å². The number of phenols is 2. The minimum atomic E-state index is -0.156. The summed E-state index contributed by atoms with van der Waals surface area (Å²) in [6, 6.07) is 10.7. The number of hydrogen-bond donors (Lipinski definition) is 2. The molecule has 0 radical (unpaired) electrons. The standard InChI is InChI=1S/C20H22O6/c1-23-17-6-4-12(8-18(17)24-2)20-14-10-25-19(13(14)9-26-20)11-3-5-15(21)16(22)7-11/h3-8,13-14,19-22H,9-10H2,1-2H3. The maximum atomic E-state index is 9.78. The van der Waals surface area contributed by atoms with E-state index in [1.165, 1.54) is 6.07 Å². The highest BCUT2D eigenvalue weighted by Gasteiger charge is 2.48. The zero-order valence-electron chi connectivity index (χ0n) is 14.7. The molecule has 4 atom stereocenters. The molecule has 2 fully saturated rings. The van der Waals surface area contributed by atoms with Crippen molar-refractivity contribution in [2.45, 2.75) is 12.2 Å². The second-order valence-corrected chi connectivity index (χ2v) is 6.70. The van der Waals surface area contributed by atoms with E-state index in [0.717, 1.165) is 11.1 Å². The van der Waals surface area contributed by atoms with Crippen molar-refractivity contribution in [3.63, 3.8) is 0 Å². The van der Waals surface area contributed by atoms with Gasteiger partial charge in [-0.05, 0) is 35.4 Å². The Morgan fingerprint density at radius 2 is 1.35 bits per heavy atom. The lowest BCUT2D eigenvalue weighted by Crippen LogP contribution is -2.14. The maximum absolute atomic E-state index is 9.78. The van der Waals surface area contributed by atoms with Crippen molar-refractivity contribution in [2.75, 3.05) is 27.4 Å². The molecule has 2 aliphatic heterocycles. The first-order valence-electron chi connectivity index (χ1n) is 8.59. The van der Waals surface area contributed by atoms with Crippen molar-refractivity contribution in [1.29, 1.82) is 0 Å². The molecule has 2 aliphatic rings. The fraction of sp³-hybridized carbons (Fsp3) is 0.400. The molecule has 2 N–H and O–H groups in total. The summed E-state index contributed by atoms with van der Waals surface area (Å²) in [5.41, 5.74) is 1.89. The fourth-order valence-electron chi connectivity index (χ4n) is 3.98. The van der Waals surface area contributed by atoms with Crippen LogP contribution in [0.5, 0.6) is 23.0 Å². The van der Waals surface area contributed by atoms with Crippen LogP contribution in [0.4, 0.5) is 0 Å². The van der Waals surface area contributed by atoms with Crippen molar-refractivity contribution >= 4 is 0 Å². The number of aromatic hydroxyl groups is 2. The molecule has 4 unspecified atom stereocenters. The summed E-state index contributed by atoms with van der Waals surface area (Å²) in [6.07, 6.45) is -0.229. The molecule has 0 aliphatic carbocycles. The molecule has 0 saturated carbocycles. The zero-order chi connectivity index (χ0) is 18.3. The average Bonchev–Trinajstić information content (AvgIpc) is 3.25. The Morgan fingerprint density at radius 1 is 0.769 bits per heavy atom. The number of fused-ring (bicyclic) bond motifs is 1. The SMILES string of the molecule is COc1ccc(C2OCC3C(c4ccc(O)c(O)c4)OCC23)cc1OC. The monoisotopic (exact) mass is 358 g/mol. The molecule has 0 amide bonds. The number of benzene rings is 2. The van der Waals surface area contributed by atoms with Crippen LogP contribution in [0.25, 0.3) is 0 Å². The Morgan fingerprint density at radius 3 is 1.92 bits per heavy atom. The van der Waals surface area contributed by atoms with E-state index in [9.17, 15) is 10.2 Å². The number of phenolic OH excluding ortho intramolecular Hbond substituents is 2. The highest BCUT2D eigenvalue weighted by atomic mass is 16.5. The Labute approximate surface area is 151 Å². The summed E-state index contributed by atoms with van der Waals surface area (Å²) in [5, 5.41) is 19.3. The van der Waals surface area contributed by atoms with Gasteiger partial charge in [0.1, 0.15) is 0 Å². The predicted octanol–water partition coefficient (Wildman–Crippen LogP) is 3.19. The largest absolute Gasteiger partial charge is 0.504 e. The summed E-state index contributed by atoms with van der Waals surface area (Å²) in [6.45, 7) is 1.16. The van der Waals surface area contributed by atoms with Crippen molar-refractivity contribution in [3.05, 3.63) is 47.5 Å². The van der Waals surface area contributed by atoms with Gasteiger partial charge in [-0.25, -0.2) is 0 Å². The summed E-state index contributed by atoms with van der Waals surface area (Å²) in [7, 11) is 3.23. The van der Waals surface area contributed by atoms with Crippen LogP contribution in [0, 0.1) is 11.8 Å². The van der Waals surface area contributed by atoms with E-state index in [1.807, 2.05) is 18.2 Å². The van der Waals surface area contributed by atoms with Gasteiger partial charge in [-0.1, -0.05) is 12.1 Å². The van der Waals surface area contributed by atoms with Crippen LogP contribution in [0.15, 0.2) is 36.4 Å². The molecule has 0 bridgehead atoms. The molecule has 6 heteroatoms. The van der Waals surface area contributed by atoms with Gasteiger partial charge in [-0.2, -0.15) is 0 Å². The van der Waals surface area contributed by atoms with Crippen molar-refractivity contribution < 1.29 is 29.2 Å². The second-order valence-electron chi connectivity index (χ2n) is 6.70. The molecule has 2 heterocycles. The van der Waals surface area contributed by atoms with Gasteiger partial charge in [0, 0.05) is 11.8 Å². The lowest BCUT2D eigenvalue weighted by atomic mass is 9.85. The number of rotatable bonds is 4. The fourth-order valence-corrected chi connectivity index (χ4v) is 3.98. The Balaban J connectivity index is 1.57. The van der Waals surface area contributed by atoms with Gasteiger partial charge < -0.3 is 29.2 Å². The molecule has 2 aromatic rings. The van der Waals surface area contributed by atoms with E-state index in [1.54, 1.807) is 26.4 Å². The van der Waals surface area contributed by atoms with Gasteiger partial charge in [0.05, 0.1) is 39.6 Å². The van der Waals surface area contributed by atoms with Crippen molar-refractivity contribution in [1.82, 2.24) is 0 Å². The number of hydrogen-bond acceptors (Lipinski definition) is 6. The van der Waals surface area contributed by atoms with Crippen LogP contribution in [-0.2, 0) is 9.47 Å². The first-order valence-corrected chi connectivity index (χ1v) is 8.59. The van der Waals surface area contributed by atoms with Crippen molar-refractivity contribution in [3.8, 4) is 23.0 Å². The first-order chi connectivity index (χ1) is 12.6. The van der Waals surface area contributed by atoms with Gasteiger partial charge in [0.2, 0.25) is 0 Å². The molecule has 0 spiro atoms. The van der Waals surface area contributed by atoms with Crippen LogP contribution < -0.4 is 9.47 Å². The maximum Gasteiger partial charge on any atom is 0.161 e. The third-order valence-electron chi connectivity index (χ3n) is 5.33. The zero-order valence-corrected chi connectivity index (χ0v) is 14.7. The predicted molar refractivity (Wildman–Crippen MR) is 93.7 cm³/mol. The van der Waals surface area contributed by atoms with Crippen LogP contribution in [0.3, 0.4) is 0 Å². The molecule has 4 rings (SSSR count). The quantitative estimate of drug-likeness (QED) is 0.818. The Kier molecular flexibility index (Phi) is 4.38. The minimum absolute atomic E-state index is 0.0736. The number of methoxy groups -OCH3 is 2. The van der Waals surface area contributed by atoms with Gasteiger partial charge in [0.15, 0.2) is 23.0 Å². The van der Waals surface area contributed by atoms with E-state index >= 15 is 0 Å². The summed E-state index contributed by atoms with van der Waals surface area (Å²) < 4.78 is 22.8. The Bertz CT molecular complexity index is 805. The lowest BCUT2D eigenvalue weighted by molar-refractivity contribution is 0.0191. The highest BCUT2D eigenvalue weighted by Crippen LogP contribution is 2.51. The van der Waals surface area contributed by atoms with E-state index in [2.05, 4.69) is 0 Å². The molecular weight excluding hydrogens is 336 g/mol. The summed E-state index contributed by atoms with van der Waals surface area (Å²) in [4.78, 5) is 0. The molecule has 2 saturated heterocycles. The third kappa shape index (κ3) is 2.75. The van der Waals surface area contributed by atoms with Gasteiger partial charge in [0.25, 0.3) is 0 Å².